The third kappa shape index (κ3) is 2.38. The Hall–Kier alpha value is -1.44. The van der Waals surface area contributed by atoms with Crippen LogP contribution in [0.15, 0.2) is 46.8 Å². The Balaban J connectivity index is 2.21. The molecule has 0 spiro atoms. The van der Waals surface area contributed by atoms with Crippen LogP contribution >= 0.6 is 0 Å². The fraction of sp³-hybridized carbons (Fsp3) is 0.429. The van der Waals surface area contributed by atoms with Gasteiger partial charge in [0.2, 0.25) is 0 Å². The van der Waals surface area contributed by atoms with Gasteiger partial charge in [-0.25, -0.2) is 0 Å². The van der Waals surface area contributed by atoms with Crippen molar-refractivity contribution in [2.45, 2.75) is 32.1 Å². The van der Waals surface area contributed by atoms with Crippen molar-refractivity contribution in [1.82, 2.24) is 5.32 Å². The summed E-state index contributed by atoms with van der Waals surface area (Å²) in [4.78, 5) is 0. The van der Waals surface area contributed by atoms with Gasteiger partial charge in [-0.15, -0.1) is 0 Å². The molecular formula is C14H20N2. The van der Waals surface area contributed by atoms with E-state index in [0.717, 1.165) is 37.8 Å². The van der Waals surface area contributed by atoms with Crippen LogP contribution in [0.5, 0.6) is 0 Å². The molecule has 3 N–H and O–H groups in total. The van der Waals surface area contributed by atoms with Crippen molar-refractivity contribution in [2.24, 2.45) is 5.73 Å². The van der Waals surface area contributed by atoms with Crippen molar-refractivity contribution in [3.8, 4) is 0 Å². The second-order valence-corrected chi connectivity index (χ2v) is 4.34. The van der Waals surface area contributed by atoms with Crippen LogP contribution in [0.1, 0.15) is 32.1 Å². The first-order valence-electron chi connectivity index (χ1n) is 6.01. The molecule has 0 fully saturated rings. The summed E-state index contributed by atoms with van der Waals surface area (Å²) in [5, 5.41) is 3.22. The predicted octanol–water partition coefficient (Wildman–Crippen LogP) is 2.76. The van der Waals surface area contributed by atoms with Crippen LogP contribution in [0.2, 0.25) is 0 Å². The van der Waals surface area contributed by atoms with Gasteiger partial charge in [0.15, 0.2) is 0 Å². The Morgan fingerprint density at radius 3 is 2.25 bits per heavy atom. The van der Waals surface area contributed by atoms with Crippen molar-refractivity contribution in [1.29, 1.82) is 0 Å². The van der Waals surface area contributed by atoms with Crippen LogP contribution in [0.4, 0.5) is 0 Å². The van der Waals surface area contributed by atoms with Crippen LogP contribution in [-0.4, -0.2) is 7.05 Å². The lowest BCUT2D eigenvalue weighted by molar-refractivity contribution is 0.757. The molecular weight excluding hydrogens is 196 g/mol. The van der Waals surface area contributed by atoms with E-state index in [0.29, 0.717) is 0 Å². The first-order chi connectivity index (χ1) is 7.81. The summed E-state index contributed by atoms with van der Waals surface area (Å²) >= 11 is 0. The monoisotopic (exact) mass is 216 g/mol. The molecule has 2 aliphatic carbocycles. The standard InChI is InChI=1S/C14H20N2/c1-16-14-10-8-12-6-4-2-3-5-11(12)7-9-13(14)15/h3-6,16H,2,7-10,15H2,1H3/b14-13-. The van der Waals surface area contributed by atoms with Crippen LogP contribution in [-0.2, 0) is 0 Å². The molecule has 2 nitrogen and oxygen atoms in total. The molecule has 2 heteroatoms. The number of allylic oxidation sites excluding steroid dienone is 8. The molecule has 0 saturated carbocycles. The zero-order valence-electron chi connectivity index (χ0n) is 9.92. The minimum atomic E-state index is 0.965. The molecule has 2 rings (SSSR count). The normalized spacial score (nSPS) is 25.8. The highest BCUT2D eigenvalue weighted by atomic mass is 14.9. The van der Waals surface area contributed by atoms with E-state index in [1.54, 1.807) is 0 Å². The minimum absolute atomic E-state index is 0.965. The van der Waals surface area contributed by atoms with Crippen LogP contribution in [0.3, 0.4) is 0 Å². The second kappa shape index (κ2) is 5.06. The Bertz CT molecular complexity index is 384. The van der Waals surface area contributed by atoms with Crippen molar-refractivity contribution in [3.05, 3.63) is 46.8 Å². The maximum atomic E-state index is 6.07. The average molecular weight is 216 g/mol. The fourth-order valence-electron chi connectivity index (χ4n) is 2.33. The summed E-state index contributed by atoms with van der Waals surface area (Å²) in [6.07, 6.45) is 14.2. The third-order valence-corrected chi connectivity index (χ3v) is 3.32. The summed E-state index contributed by atoms with van der Waals surface area (Å²) in [5.41, 5.74) is 11.3. The molecule has 86 valence electrons. The van der Waals surface area contributed by atoms with Gasteiger partial charge in [0.25, 0.3) is 0 Å². The average Bonchev–Trinajstić information content (AvgIpc) is 2.50. The van der Waals surface area contributed by atoms with Crippen LogP contribution < -0.4 is 11.1 Å². The van der Waals surface area contributed by atoms with Crippen molar-refractivity contribution >= 4 is 0 Å². The smallest absolute Gasteiger partial charge is 0.0298 e. The fourth-order valence-corrected chi connectivity index (χ4v) is 2.33. The summed E-state index contributed by atoms with van der Waals surface area (Å²) in [6, 6.07) is 0. The molecule has 0 aromatic rings. The number of rotatable bonds is 1. The first kappa shape index (κ1) is 11.1. The van der Waals surface area contributed by atoms with E-state index < -0.39 is 0 Å². The molecule has 0 amide bonds. The highest BCUT2D eigenvalue weighted by molar-refractivity contribution is 5.38. The Morgan fingerprint density at radius 1 is 1.00 bits per heavy atom. The number of hydrogen-bond acceptors (Lipinski definition) is 2. The van der Waals surface area contributed by atoms with Crippen LogP contribution in [0.25, 0.3) is 0 Å². The van der Waals surface area contributed by atoms with Gasteiger partial charge in [0, 0.05) is 18.4 Å². The van der Waals surface area contributed by atoms with Crippen LogP contribution in [0, 0.1) is 0 Å². The Kier molecular flexibility index (Phi) is 3.50. The molecule has 0 saturated heterocycles. The Labute approximate surface area is 97.6 Å². The van der Waals surface area contributed by atoms with E-state index in [2.05, 4.69) is 29.6 Å². The van der Waals surface area contributed by atoms with E-state index in [9.17, 15) is 0 Å². The molecule has 0 atom stereocenters. The van der Waals surface area contributed by atoms with E-state index >= 15 is 0 Å². The lowest BCUT2D eigenvalue weighted by Crippen LogP contribution is -2.16. The topological polar surface area (TPSA) is 38.0 Å². The van der Waals surface area contributed by atoms with Gasteiger partial charge in [0.1, 0.15) is 0 Å². The van der Waals surface area contributed by atoms with E-state index in [1.165, 1.54) is 16.8 Å². The minimum Gasteiger partial charge on any atom is -0.401 e. The zero-order valence-corrected chi connectivity index (χ0v) is 9.92. The molecule has 2 aliphatic rings. The quantitative estimate of drug-likeness (QED) is 0.707. The molecule has 0 aromatic carbocycles. The van der Waals surface area contributed by atoms with E-state index in [-0.39, 0.29) is 0 Å². The van der Waals surface area contributed by atoms with Crippen molar-refractivity contribution in [2.75, 3.05) is 7.05 Å². The summed E-state index contributed by atoms with van der Waals surface area (Å²) in [7, 11) is 1.96. The molecule has 0 bridgehead atoms. The molecule has 0 unspecified atom stereocenters. The van der Waals surface area contributed by atoms with Crippen molar-refractivity contribution in [3.63, 3.8) is 0 Å². The molecule has 0 aromatic heterocycles. The van der Waals surface area contributed by atoms with Gasteiger partial charge in [-0.2, -0.15) is 0 Å². The largest absolute Gasteiger partial charge is 0.401 e. The zero-order chi connectivity index (χ0) is 11.4. The third-order valence-electron chi connectivity index (χ3n) is 3.32. The number of hydrogen-bond donors (Lipinski definition) is 2. The number of nitrogens with two attached hydrogens (primary N) is 1. The van der Waals surface area contributed by atoms with Gasteiger partial charge in [-0.05, 0) is 43.3 Å². The van der Waals surface area contributed by atoms with Gasteiger partial charge < -0.3 is 11.1 Å². The molecule has 0 aliphatic heterocycles. The highest BCUT2D eigenvalue weighted by Gasteiger charge is 2.11. The Morgan fingerprint density at radius 2 is 1.62 bits per heavy atom. The molecule has 0 heterocycles. The summed E-state index contributed by atoms with van der Waals surface area (Å²) in [6.45, 7) is 0. The van der Waals surface area contributed by atoms with Gasteiger partial charge in [0.05, 0.1) is 0 Å². The highest BCUT2D eigenvalue weighted by Crippen LogP contribution is 2.27. The van der Waals surface area contributed by atoms with E-state index in [4.69, 9.17) is 5.73 Å². The van der Waals surface area contributed by atoms with Crippen molar-refractivity contribution < 1.29 is 0 Å². The van der Waals surface area contributed by atoms with Gasteiger partial charge >= 0.3 is 0 Å². The molecule has 0 radical (unpaired) electrons. The number of nitrogens with one attached hydrogen (secondary N) is 1. The lowest BCUT2D eigenvalue weighted by Gasteiger charge is -2.17. The summed E-state index contributed by atoms with van der Waals surface area (Å²) < 4.78 is 0. The molecule has 16 heavy (non-hydrogen) atoms. The maximum absolute atomic E-state index is 6.07. The summed E-state index contributed by atoms with van der Waals surface area (Å²) in [5.74, 6) is 0. The van der Waals surface area contributed by atoms with Gasteiger partial charge in [-0.3, -0.25) is 0 Å². The van der Waals surface area contributed by atoms with Gasteiger partial charge in [-0.1, -0.05) is 24.3 Å². The second-order valence-electron chi connectivity index (χ2n) is 4.34. The lowest BCUT2D eigenvalue weighted by atomic mass is 9.94. The van der Waals surface area contributed by atoms with E-state index in [1.807, 2.05) is 7.05 Å². The SMILES string of the molecule is CN/C1=C(\N)CCC2=C(C=CCC=C2)CC1. The first-order valence-corrected chi connectivity index (χ1v) is 6.01. The predicted molar refractivity (Wildman–Crippen MR) is 68.7 cm³/mol. The maximum Gasteiger partial charge on any atom is 0.0298 e.